The smallest absolute Gasteiger partial charge is 0.252 e. The number of unbranched alkanes of at least 4 members (excludes halogenated alkanes) is 1. The lowest BCUT2D eigenvalue weighted by molar-refractivity contribution is 0.0958. The molecule has 0 atom stereocenters. The van der Waals surface area contributed by atoms with E-state index in [1.165, 1.54) is 6.07 Å². The highest BCUT2D eigenvalue weighted by molar-refractivity contribution is 7.99. The van der Waals surface area contributed by atoms with Crippen LogP contribution < -0.4 is 5.32 Å². The Labute approximate surface area is 116 Å². The molecule has 0 aliphatic rings. The van der Waals surface area contributed by atoms with Gasteiger partial charge in [0, 0.05) is 5.56 Å². The number of nitrogens with one attached hydrogen (secondary N) is 1. The Morgan fingerprint density at radius 3 is 3.06 bits per heavy atom. The molecule has 0 spiro atoms. The van der Waals surface area contributed by atoms with Crippen molar-refractivity contribution in [3.8, 4) is 6.07 Å². The van der Waals surface area contributed by atoms with Crippen LogP contribution in [-0.2, 0) is 0 Å². The van der Waals surface area contributed by atoms with E-state index in [1.807, 2.05) is 6.07 Å². The summed E-state index contributed by atoms with van der Waals surface area (Å²) in [7, 11) is 0. The van der Waals surface area contributed by atoms with Crippen LogP contribution in [0.3, 0.4) is 0 Å². The van der Waals surface area contributed by atoms with Gasteiger partial charge in [-0.1, -0.05) is 24.9 Å². The number of amides is 1. The molecule has 1 amide bonds. The fraction of sp³-hybridized carbons (Fsp3) is 0.417. The van der Waals surface area contributed by atoms with E-state index in [4.69, 9.17) is 16.9 Å². The van der Waals surface area contributed by atoms with Gasteiger partial charge in [0.2, 0.25) is 0 Å². The highest BCUT2D eigenvalue weighted by Crippen LogP contribution is 2.21. The number of pyridine rings is 1. The van der Waals surface area contributed by atoms with Crippen molar-refractivity contribution in [2.45, 2.75) is 24.8 Å². The quantitative estimate of drug-likeness (QED) is 0.377. The Morgan fingerprint density at radius 1 is 1.61 bits per heavy atom. The molecule has 0 fully saturated rings. The van der Waals surface area contributed by atoms with Crippen LogP contribution in [0.2, 0.25) is 5.15 Å². The Morgan fingerprint density at radius 2 is 2.39 bits per heavy atom. The first-order chi connectivity index (χ1) is 8.67. The molecule has 6 heteroatoms. The van der Waals surface area contributed by atoms with Gasteiger partial charge in [0.15, 0.2) is 0 Å². The van der Waals surface area contributed by atoms with Crippen molar-refractivity contribution in [1.29, 1.82) is 5.26 Å². The third kappa shape index (κ3) is 4.94. The third-order valence-electron chi connectivity index (χ3n) is 2.11. The van der Waals surface area contributed by atoms with Crippen molar-refractivity contribution in [2.24, 2.45) is 0 Å². The first-order valence-corrected chi connectivity index (χ1v) is 6.99. The molecule has 0 aromatic carbocycles. The largest absolute Gasteiger partial charge is 0.339 e. The Bertz CT molecular complexity index is 459. The molecule has 0 unspecified atom stereocenters. The average Bonchev–Trinajstić information content (AvgIpc) is 2.35. The topological polar surface area (TPSA) is 65.8 Å². The Kier molecular flexibility index (Phi) is 6.55. The minimum atomic E-state index is -0.307. The molecular formula is C12H14ClN3OS. The molecule has 0 saturated heterocycles. The number of hydrogen-bond acceptors (Lipinski definition) is 4. The van der Waals surface area contributed by atoms with Crippen LogP contribution in [0.1, 0.15) is 30.1 Å². The van der Waals surface area contributed by atoms with E-state index in [1.54, 1.807) is 17.8 Å². The lowest BCUT2D eigenvalue weighted by Gasteiger charge is -2.05. The maximum atomic E-state index is 11.7. The summed E-state index contributed by atoms with van der Waals surface area (Å²) in [5, 5.41) is 11.9. The molecule has 18 heavy (non-hydrogen) atoms. The van der Waals surface area contributed by atoms with Crippen LogP contribution >= 0.6 is 23.4 Å². The number of carbonyl (C=O) groups excluding carboxylic acids is 1. The first kappa shape index (κ1) is 14.8. The summed E-state index contributed by atoms with van der Waals surface area (Å²) in [5.74, 6) is 0.640. The second-order valence-corrected chi connectivity index (χ2v) is 5.06. The lowest BCUT2D eigenvalue weighted by atomic mass is 10.2. The van der Waals surface area contributed by atoms with Crippen molar-refractivity contribution in [1.82, 2.24) is 10.3 Å². The highest BCUT2D eigenvalue weighted by Gasteiger charge is 2.09. The van der Waals surface area contributed by atoms with Gasteiger partial charge in [-0.15, -0.1) is 11.8 Å². The van der Waals surface area contributed by atoms with Crippen molar-refractivity contribution in [3.05, 3.63) is 22.8 Å². The number of rotatable bonds is 6. The van der Waals surface area contributed by atoms with E-state index in [0.717, 1.165) is 23.6 Å². The molecule has 1 aromatic rings. The molecule has 0 aliphatic heterocycles. The van der Waals surface area contributed by atoms with Gasteiger partial charge in [0.25, 0.3) is 5.91 Å². The number of aromatic nitrogens is 1. The summed E-state index contributed by atoms with van der Waals surface area (Å²) in [5.41, 5.74) is 0.434. The van der Waals surface area contributed by atoms with Crippen LogP contribution in [0.15, 0.2) is 17.2 Å². The summed E-state index contributed by atoms with van der Waals surface area (Å²) >= 11 is 7.45. The summed E-state index contributed by atoms with van der Waals surface area (Å²) in [6.07, 6.45) is 2.21. The molecule has 1 rings (SSSR count). The lowest BCUT2D eigenvalue weighted by Crippen LogP contribution is -2.23. The molecule has 1 heterocycles. The molecule has 96 valence electrons. The number of hydrogen-bond donors (Lipinski definition) is 1. The predicted molar refractivity (Wildman–Crippen MR) is 72.8 cm³/mol. The fourth-order valence-electron chi connectivity index (χ4n) is 1.22. The van der Waals surface area contributed by atoms with Gasteiger partial charge in [0.1, 0.15) is 11.7 Å². The van der Waals surface area contributed by atoms with E-state index < -0.39 is 0 Å². The normalized spacial score (nSPS) is 9.83. The Balaban J connectivity index is 2.74. The molecule has 0 bridgehead atoms. The number of nitriles is 1. The SMILES string of the molecule is CCCCSc1cc(C(=O)NCC#N)cc(Cl)n1. The van der Waals surface area contributed by atoms with Gasteiger partial charge in [-0.3, -0.25) is 4.79 Å². The van der Waals surface area contributed by atoms with E-state index in [-0.39, 0.29) is 12.5 Å². The van der Waals surface area contributed by atoms with Gasteiger partial charge in [0.05, 0.1) is 11.1 Å². The maximum absolute atomic E-state index is 11.7. The summed E-state index contributed by atoms with van der Waals surface area (Å²) < 4.78 is 0. The molecule has 0 saturated carbocycles. The van der Waals surface area contributed by atoms with Gasteiger partial charge >= 0.3 is 0 Å². The van der Waals surface area contributed by atoms with Gasteiger partial charge in [-0.25, -0.2) is 4.98 Å². The minimum Gasteiger partial charge on any atom is -0.339 e. The highest BCUT2D eigenvalue weighted by atomic mass is 35.5. The zero-order valence-electron chi connectivity index (χ0n) is 10.1. The fourth-order valence-corrected chi connectivity index (χ4v) is 2.49. The second-order valence-electron chi connectivity index (χ2n) is 3.56. The van der Waals surface area contributed by atoms with Crippen molar-refractivity contribution >= 4 is 29.3 Å². The number of nitrogens with zero attached hydrogens (tertiary/aromatic N) is 2. The predicted octanol–water partition coefficient (Wildman–Crippen LogP) is 2.88. The summed E-state index contributed by atoms with van der Waals surface area (Å²) in [6, 6.07) is 5.05. The van der Waals surface area contributed by atoms with Crippen LogP contribution in [0.5, 0.6) is 0 Å². The monoisotopic (exact) mass is 283 g/mol. The summed E-state index contributed by atoms with van der Waals surface area (Å²) in [6.45, 7) is 2.10. The van der Waals surface area contributed by atoms with E-state index >= 15 is 0 Å². The maximum Gasteiger partial charge on any atom is 0.252 e. The van der Waals surface area contributed by atoms with Crippen molar-refractivity contribution < 1.29 is 4.79 Å². The molecule has 0 radical (unpaired) electrons. The molecule has 1 aromatic heterocycles. The second kappa shape index (κ2) is 7.96. The van der Waals surface area contributed by atoms with Crippen molar-refractivity contribution in [2.75, 3.05) is 12.3 Å². The van der Waals surface area contributed by atoms with Crippen molar-refractivity contribution in [3.63, 3.8) is 0 Å². The van der Waals surface area contributed by atoms with Crippen LogP contribution in [-0.4, -0.2) is 23.2 Å². The van der Waals surface area contributed by atoms with E-state index in [9.17, 15) is 4.79 Å². The number of halogens is 1. The molecular weight excluding hydrogens is 270 g/mol. The zero-order valence-corrected chi connectivity index (χ0v) is 11.6. The summed E-state index contributed by atoms with van der Waals surface area (Å²) in [4.78, 5) is 15.8. The van der Waals surface area contributed by atoms with Gasteiger partial charge in [-0.05, 0) is 24.3 Å². The van der Waals surface area contributed by atoms with E-state index in [0.29, 0.717) is 10.7 Å². The number of carbonyl (C=O) groups is 1. The third-order valence-corrected chi connectivity index (χ3v) is 3.30. The van der Waals surface area contributed by atoms with Crippen LogP contribution in [0, 0.1) is 11.3 Å². The minimum absolute atomic E-state index is 0.0168. The van der Waals surface area contributed by atoms with Gasteiger partial charge in [-0.2, -0.15) is 5.26 Å². The zero-order chi connectivity index (χ0) is 13.4. The van der Waals surface area contributed by atoms with Gasteiger partial charge < -0.3 is 5.32 Å². The molecule has 0 aliphatic carbocycles. The molecule has 4 nitrogen and oxygen atoms in total. The van der Waals surface area contributed by atoms with E-state index in [2.05, 4.69) is 17.2 Å². The van der Waals surface area contributed by atoms with Crippen LogP contribution in [0.4, 0.5) is 0 Å². The van der Waals surface area contributed by atoms with Crippen LogP contribution in [0.25, 0.3) is 0 Å². The molecule has 1 N–H and O–H groups in total. The Hall–Kier alpha value is -1.25. The number of thioether (sulfide) groups is 1. The standard InChI is InChI=1S/C12H14ClN3OS/c1-2-3-6-18-11-8-9(7-10(13)16-11)12(17)15-5-4-14/h7-8H,2-3,5-6H2,1H3,(H,15,17). The average molecular weight is 284 g/mol. The first-order valence-electron chi connectivity index (χ1n) is 5.63.